The maximum atomic E-state index is 12.2. The first-order chi connectivity index (χ1) is 11.1. The molecule has 116 valence electrons. The Hall–Kier alpha value is -2.28. The van der Waals surface area contributed by atoms with Crippen LogP contribution < -0.4 is 0 Å². The number of rotatable bonds is 4. The van der Waals surface area contributed by atoms with E-state index in [1.54, 1.807) is 55.5 Å². The van der Waals surface area contributed by atoms with Crippen LogP contribution in [0.3, 0.4) is 0 Å². The predicted octanol–water partition coefficient (Wildman–Crippen LogP) is 4.88. The molecule has 2 aromatic carbocycles. The molecule has 23 heavy (non-hydrogen) atoms. The molecule has 0 unspecified atom stereocenters. The highest BCUT2D eigenvalue weighted by atomic mass is 35.5. The van der Waals surface area contributed by atoms with Crippen molar-refractivity contribution in [3.05, 3.63) is 75.3 Å². The smallest absolute Gasteiger partial charge is 0.349 e. The van der Waals surface area contributed by atoms with Crippen LogP contribution in [0.2, 0.25) is 10.0 Å². The zero-order valence-electron chi connectivity index (χ0n) is 12.3. The Labute approximate surface area is 144 Å². The van der Waals surface area contributed by atoms with Crippen LogP contribution in [0.15, 0.2) is 54.1 Å². The van der Waals surface area contributed by atoms with Crippen molar-refractivity contribution >= 4 is 34.7 Å². The molecule has 0 saturated heterocycles. The van der Waals surface area contributed by atoms with Gasteiger partial charge in [-0.3, -0.25) is 0 Å². The van der Waals surface area contributed by atoms with Gasteiger partial charge in [-0.25, -0.2) is 4.79 Å². The molecule has 0 heterocycles. The van der Waals surface area contributed by atoms with E-state index in [1.807, 2.05) is 6.07 Å². The van der Waals surface area contributed by atoms with E-state index in [9.17, 15) is 10.1 Å². The number of benzene rings is 2. The third-order valence-electron chi connectivity index (χ3n) is 3.12. The Morgan fingerprint density at radius 3 is 2.35 bits per heavy atom. The van der Waals surface area contributed by atoms with E-state index in [1.165, 1.54) is 0 Å². The third kappa shape index (κ3) is 3.92. The Bertz CT molecular complexity index is 789. The second-order valence-corrected chi connectivity index (χ2v) is 5.41. The number of carbonyl (C=O) groups excluding carboxylic acids is 1. The van der Waals surface area contributed by atoms with E-state index in [2.05, 4.69) is 0 Å². The molecule has 2 aromatic rings. The first-order valence-electron chi connectivity index (χ1n) is 6.90. The lowest BCUT2D eigenvalue weighted by atomic mass is 9.93. The molecule has 0 spiro atoms. The largest absolute Gasteiger partial charge is 0.462 e. The van der Waals surface area contributed by atoms with Gasteiger partial charge in [-0.15, -0.1) is 0 Å². The Kier molecular flexibility index (Phi) is 5.81. The zero-order chi connectivity index (χ0) is 16.8. The van der Waals surface area contributed by atoms with Crippen LogP contribution in [0.4, 0.5) is 0 Å². The van der Waals surface area contributed by atoms with Gasteiger partial charge < -0.3 is 4.74 Å². The highest BCUT2D eigenvalue weighted by Gasteiger charge is 2.21. The monoisotopic (exact) mass is 345 g/mol. The lowest BCUT2D eigenvalue weighted by Gasteiger charge is -2.13. The van der Waals surface area contributed by atoms with E-state index in [4.69, 9.17) is 27.9 Å². The average Bonchev–Trinajstić information content (AvgIpc) is 2.55. The van der Waals surface area contributed by atoms with Gasteiger partial charge in [0.15, 0.2) is 0 Å². The van der Waals surface area contributed by atoms with Crippen molar-refractivity contribution in [2.75, 3.05) is 6.61 Å². The molecule has 3 nitrogen and oxygen atoms in total. The van der Waals surface area contributed by atoms with Gasteiger partial charge in [0.1, 0.15) is 11.6 Å². The molecule has 0 amide bonds. The number of ether oxygens (including phenoxy) is 1. The highest BCUT2D eigenvalue weighted by molar-refractivity contribution is 6.33. The summed E-state index contributed by atoms with van der Waals surface area (Å²) in [5.74, 6) is -0.681. The Morgan fingerprint density at radius 1 is 1.13 bits per heavy atom. The van der Waals surface area contributed by atoms with E-state index in [-0.39, 0.29) is 12.2 Å². The Balaban J connectivity index is 2.74. The summed E-state index contributed by atoms with van der Waals surface area (Å²) >= 11 is 12.2. The van der Waals surface area contributed by atoms with Crippen molar-refractivity contribution in [2.24, 2.45) is 0 Å². The molecule has 0 N–H and O–H groups in total. The second kappa shape index (κ2) is 7.82. The van der Waals surface area contributed by atoms with E-state index in [0.29, 0.717) is 26.7 Å². The fraction of sp³-hybridized carbons (Fsp3) is 0.111. The molecule has 2 rings (SSSR count). The summed E-state index contributed by atoms with van der Waals surface area (Å²) in [5, 5.41) is 10.5. The minimum atomic E-state index is -0.681. The molecule has 0 fully saturated rings. The number of carbonyl (C=O) groups is 1. The Morgan fingerprint density at radius 2 is 1.78 bits per heavy atom. The van der Waals surface area contributed by atoms with Crippen LogP contribution in [0.1, 0.15) is 18.1 Å². The van der Waals surface area contributed by atoms with Crippen molar-refractivity contribution in [2.45, 2.75) is 6.92 Å². The molecular weight excluding hydrogens is 333 g/mol. The molecular formula is C18H13Cl2NO2. The lowest BCUT2D eigenvalue weighted by Crippen LogP contribution is -2.09. The minimum Gasteiger partial charge on any atom is -0.462 e. The van der Waals surface area contributed by atoms with Gasteiger partial charge in [-0.1, -0.05) is 53.5 Å². The zero-order valence-corrected chi connectivity index (χ0v) is 13.9. The lowest BCUT2D eigenvalue weighted by molar-refractivity contribution is -0.137. The van der Waals surface area contributed by atoms with Gasteiger partial charge >= 0.3 is 5.97 Å². The number of esters is 1. The van der Waals surface area contributed by atoms with Crippen molar-refractivity contribution < 1.29 is 9.53 Å². The fourth-order valence-corrected chi connectivity index (χ4v) is 2.48. The van der Waals surface area contributed by atoms with Crippen molar-refractivity contribution in [3.8, 4) is 6.07 Å². The molecule has 5 heteroatoms. The van der Waals surface area contributed by atoms with Crippen LogP contribution in [0.25, 0.3) is 5.57 Å². The minimum absolute atomic E-state index is 0.0951. The number of hydrogen-bond acceptors (Lipinski definition) is 3. The molecule has 0 atom stereocenters. The van der Waals surface area contributed by atoms with Gasteiger partial charge in [0.05, 0.1) is 6.61 Å². The quantitative estimate of drug-likeness (QED) is 0.450. The molecule has 0 aliphatic heterocycles. The number of halogens is 2. The summed E-state index contributed by atoms with van der Waals surface area (Å²) in [5.41, 5.74) is 1.57. The maximum absolute atomic E-state index is 12.2. The molecule has 0 radical (unpaired) electrons. The summed E-state index contributed by atoms with van der Waals surface area (Å²) in [6.07, 6.45) is 0. The number of nitrogens with zero attached hydrogens (tertiary/aromatic N) is 1. The first kappa shape index (κ1) is 17.1. The van der Waals surface area contributed by atoms with Crippen molar-refractivity contribution in [3.63, 3.8) is 0 Å². The summed E-state index contributed by atoms with van der Waals surface area (Å²) < 4.78 is 4.99. The predicted molar refractivity (Wildman–Crippen MR) is 91.2 cm³/mol. The number of nitriles is 1. The van der Waals surface area contributed by atoms with Crippen LogP contribution >= 0.6 is 23.2 Å². The fourth-order valence-electron chi connectivity index (χ4n) is 2.12. The average molecular weight is 346 g/mol. The van der Waals surface area contributed by atoms with Gasteiger partial charge in [-0.05, 0) is 30.7 Å². The van der Waals surface area contributed by atoms with Crippen LogP contribution in [-0.2, 0) is 9.53 Å². The van der Waals surface area contributed by atoms with Crippen LogP contribution in [0, 0.1) is 11.3 Å². The van der Waals surface area contributed by atoms with Gasteiger partial charge in [0, 0.05) is 21.2 Å². The summed E-state index contributed by atoms with van der Waals surface area (Å²) in [7, 11) is 0. The van der Waals surface area contributed by atoms with Crippen molar-refractivity contribution in [1.29, 1.82) is 5.26 Å². The summed E-state index contributed by atoms with van der Waals surface area (Å²) in [6, 6.07) is 15.8. The summed E-state index contributed by atoms with van der Waals surface area (Å²) in [4.78, 5) is 12.2. The molecule has 0 bridgehead atoms. The number of hydrogen-bond donors (Lipinski definition) is 0. The van der Waals surface area contributed by atoms with Crippen LogP contribution in [0.5, 0.6) is 0 Å². The molecule has 0 aliphatic rings. The SMILES string of the molecule is CCOC(=O)/C(C#N)=C(\c1ccc(Cl)cc1)c1ccccc1Cl. The summed E-state index contributed by atoms with van der Waals surface area (Å²) in [6.45, 7) is 1.87. The maximum Gasteiger partial charge on any atom is 0.349 e. The third-order valence-corrected chi connectivity index (χ3v) is 3.70. The van der Waals surface area contributed by atoms with E-state index < -0.39 is 5.97 Å². The van der Waals surface area contributed by atoms with Crippen LogP contribution in [-0.4, -0.2) is 12.6 Å². The van der Waals surface area contributed by atoms with E-state index in [0.717, 1.165) is 0 Å². The highest BCUT2D eigenvalue weighted by Crippen LogP contribution is 2.32. The molecule has 0 aromatic heterocycles. The standard InChI is InChI=1S/C18H13Cl2NO2/c1-2-23-18(22)15(11-21)17(12-7-9-13(19)10-8-12)14-5-3-4-6-16(14)20/h3-10H,2H2,1H3/b17-15+. The van der Waals surface area contributed by atoms with Crippen molar-refractivity contribution in [1.82, 2.24) is 0 Å². The second-order valence-electron chi connectivity index (χ2n) is 4.57. The molecule has 0 saturated carbocycles. The molecule has 0 aliphatic carbocycles. The van der Waals surface area contributed by atoms with Gasteiger partial charge in [-0.2, -0.15) is 5.26 Å². The normalized spacial score (nSPS) is 11.4. The first-order valence-corrected chi connectivity index (χ1v) is 7.66. The van der Waals surface area contributed by atoms with Gasteiger partial charge in [0.2, 0.25) is 0 Å². The van der Waals surface area contributed by atoms with E-state index >= 15 is 0 Å². The topological polar surface area (TPSA) is 50.1 Å². The van der Waals surface area contributed by atoms with Gasteiger partial charge in [0.25, 0.3) is 0 Å².